The molecule has 70 valence electrons. The summed E-state index contributed by atoms with van der Waals surface area (Å²) in [6, 6.07) is 4.41. The summed E-state index contributed by atoms with van der Waals surface area (Å²) in [6.45, 7) is 6.84. The predicted octanol–water partition coefficient (Wildman–Crippen LogP) is 3.82. The molecular weight excluding hydrogens is 178 g/mol. The third-order valence-corrected chi connectivity index (χ3v) is 3.09. The van der Waals surface area contributed by atoms with Crippen LogP contribution in [0.3, 0.4) is 0 Å². The monoisotopic (exact) mass is 193 g/mol. The number of nitrogens with one attached hydrogen (secondary N) is 1. The zero-order valence-electron chi connectivity index (χ0n) is 8.35. The van der Waals surface area contributed by atoms with Gasteiger partial charge in [0.2, 0.25) is 0 Å². The van der Waals surface area contributed by atoms with Crippen LogP contribution in [0, 0.1) is 5.41 Å². The van der Waals surface area contributed by atoms with E-state index in [1.807, 2.05) is 17.5 Å². The second-order valence-electron chi connectivity index (χ2n) is 4.71. The normalized spacial score (nSPS) is 12.5. The summed E-state index contributed by atoms with van der Waals surface area (Å²) in [7, 11) is 0. The second kappa shape index (κ2) is 2.88. The number of aromatic nitrogens is 1. The molecule has 0 aromatic carbocycles. The summed E-state index contributed by atoms with van der Waals surface area (Å²) in [4.78, 5) is 4.72. The zero-order chi connectivity index (χ0) is 9.47. The van der Waals surface area contributed by atoms with Crippen molar-refractivity contribution in [1.82, 2.24) is 4.98 Å². The average Bonchev–Trinajstić information content (AvgIpc) is 2.40. The van der Waals surface area contributed by atoms with E-state index in [0.29, 0.717) is 5.41 Å². The number of H-pyrrole nitrogens is 1. The van der Waals surface area contributed by atoms with Crippen molar-refractivity contribution in [3.63, 3.8) is 0 Å². The van der Waals surface area contributed by atoms with Crippen LogP contribution in [-0.4, -0.2) is 4.98 Å². The van der Waals surface area contributed by atoms with Crippen LogP contribution in [0.1, 0.15) is 25.6 Å². The SMILES string of the molecule is CC(C)(C)Cc1cc2[nH]ccc2s1. The predicted molar refractivity (Wildman–Crippen MR) is 59.3 cm³/mol. The Bertz CT molecular complexity index is 374. The molecule has 0 amide bonds. The molecule has 2 aromatic heterocycles. The molecule has 0 radical (unpaired) electrons. The molecule has 0 spiro atoms. The van der Waals surface area contributed by atoms with Gasteiger partial charge in [0.1, 0.15) is 0 Å². The van der Waals surface area contributed by atoms with Gasteiger partial charge < -0.3 is 4.98 Å². The van der Waals surface area contributed by atoms with E-state index in [-0.39, 0.29) is 0 Å². The molecular formula is C11H15NS. The third kappa shape index (κ3) is 1.94. The van der Waals surface area contributed by atoms with E-state index in [4.69, 9.17) is 0 Å². The van der Waals surface area contributed by atoms with Gasteiger partial charge in [-0.2, -0.15) is 0 Å². The van der Waals surface area contributed by atoms with Gasteiger partial charge in [-0.3, -0.25) is 0 Å². The van der Waals surface area contributed by atoms with Crippen LogP contribution in [-0.2, 0) is 6.42 Å². The van der Waals surface area contributed by atoms with Crippen LogP contribution >= 0.6 is 11.3 Å². The first-order chi connectivity index (χ1) is 6.04. The van der Waals surface area contributed by atoms with Crippen molar-refractivity contribution in [3.8, 4) is 0 Å². The zero-order valence-corrected chi connectivity index (χ0v) is 9.16. The average molecular weight is 193 g/mol. The highest BCUT2D eigenvalue weighted by atomic mass is 32.1. The standard InChI is InChI=1S/C11H15NS/c1-11(2,3)7-8-6-9-10(13-8)4-5-12-9/h4-6,12H,7H2,1-3H3. The Hall–Kier alpha value is -0.760. The van der Waals surface area contributed by atoms with E-state index in [9.17, 15) is 0 Å². The van der Waals surface area contributed by atoms with Crippen LogP contribution in [0.4, 0.5) is 0 Å². The molecule has 0 bridgehead atoms. The summed E-state index contributed by atoms with van der Waals surface area (Å²) >= 11 is 1.90. The van der Waals surface area contributed by atoms with Crippen molar-refractivity contribution in [3.05, 3.63) is 23.2 Å². The summed E-state index contributed by atoms with van der Waals surface area (Å²) in [5.74, 6) is 0. The van der Waals surface area contributed by atoms with Crippen molar-refractivity contribution >= 4 is 21.6 Å². The molecule has 13 heavy (non-hydrogen) atoms. The van der Waals surface area contributed by atoms with Crippen LogP contribution in [0.2, 0.25) is 0 Å². The van der Waals surface area contributed by atoms with E-state index in [2.05, 4.69) is 37.9 Å². The molecule has 0 unspecified atom stereocenters. The topological polar surface area (TPSA) is 15.8 Å². The first-order valence-electron chi connectivity index (χ1n) is 4.60. The van der Waals surface area contributed by atoms with E-state index < -0.39 is 0 Å². The fourth-order valence-corrected chi connectivity index (χ4v) is 2.84. The van der Waals surface area contributed by atoms with Crippen molar-refractivity contribution in [2.24, 2.45) is 5.41 Å². The number of hydrogen-bond donors (Lipinski definition) is 1. The minimum atomic E-state index is 0.391. The fourth-order valence-electron chi connectivity index (χ4n) is 1.51. The minimum Gasteiger partial charge on any atom is -0.360 e. The smallest absolute Gasteiger partial charge is 0.0566 e. The summed E-state index contributed by atoms with van der Waals surface area (Å²) in [5.41, 5.74) is 1.67. The van der Waals surface area contributed by atoms with Gasteiger partial charge in [0, 0.05) is 11.1 Å². The lowest BCUT2D eigenvalue weighted by Crippen LogP contribution is -2.07. The maximum absolute atomic E-state index is 3.24. The summed E-state index contributed by atoms with van der Waals surface area (Å²) in [6.07, 6.45) is 3.17. The maximum atomic E-state index is 3.24. The number of fused-ring (bicyclic) bond motifs is 1. The molecule has 2 heterocycles. The molecule has 2 heteroatoms. The Kier molecular flexibility index (Phi) is 1.95. The number of aromatic amines is 1. The summed E-state index contributed by atoms with van der Waals surface area (Å²) < 4.78 is 1.37. The molecule has 2 aromatic rings. The first kappa shape index (κ1) is 8.82. The Balaban J connectivity index is 2.30. The molecule has 0 saturated heterocycles. The van der Waals surface area contributed by atoms with Gasteiger partial charge in [-0.15, -0.1) is 11.3 Å². The highest BCUT2D eigenvalue weighted by Gasteiger charge is 2.13. The van der Waals surface area contributed by atoms with Crippen molar-refractivity contribution in [2.75, 3.05) is 0 Å². The van der Waals surface area contributed by atoms with Crippen LogP contribution in [0.15, 0.2) is 18.3 Å². The maximum Gasteiger partial charge on any atom is 0.0566 e. The Morgan fingerprint density at radius 2 is 2.15 bits per heavy atom. The van der Waals surface area contributed by atoms with Gasteiger partial charge in [0.15, 0.2) is 0 Å². The number of rotatable bonds is 1. The lowest BCUT2D eigenvalue weighted by atomic mass is 9.92. The van der Waals surface area contributed by atoms with Crippen LogP contribution in [0.25, 0.3) is 10.2 Å². The van der Waals surface area contributed by atoms with Gasteiger partial charge in [0.25, 0.3) is 0 Å². The first-order valence-corrected chi connectivity index (χ1v) is 5.42. The highest BCUT2D eigenvalue weighted by molar-refractivity contribution is 7.19. The van der Waals surface area contributed by atoms with Crippen molar-refractivity contribution < 1.29 is 0 Å². The van der Waals surface area contributed by atoms with Crippen LogP contribution in [0.5, 0.6) is 0 Å². The quantitative estimate of drug-likeness (QED) is 0.708. The Labute approximate surface area is 82.8 Å². The Morgan fingerprint density at radius 3 is 2.77 bits per heavy atom. The lowest BCUT2D eigenvalue weighted by Gasteiger charge is -2.16. The molecule has 1 nitrogen and oxygen atoms in total. The minimum absolute atomic E-state index is 0.391. The fraction of sp³-hybridized carbons (Fsp3) is 0.455. The summed E-state index contributed by atoms with van der Waals surface area (Å²) in [5, 5.41) is 0. The number of hydrogen-bond acceptors (Lipinski definition) is 1. The van der Waals surface area contributed by atoms with Gasteiger partial charge >= 0.3 is 0 Å². The molecule has 2 rings (SSSR count). The van der Waals surface area contributed by atoms with Crippen molar-refractivity contribution in [2.45, 2.75) is 27.2 Å². The molecule has 0 aliphatic carbocycles. The lowest BCUT2D eigenvalue weighted by molar-refractivity contribution is 0.415. The molecule has 0 saturated carbocycles. The second-order valence-corrected chi connectivity index (χ2v) is 5.87. The van der Waals surface area contributed by atoms with E-state index in [0.717, 1.165) is 0 Å². The highest BCUT2D eigenvalue weighted by Crippen LogP contribution is 2.29. The number of thiophene rings is 1. The van der Waals surface area contributed by atoms with E-state index in [1.54, 1.807) is 0 Å². The molecule has 0 atom stereocenters. The van der Waals surface area contributed by atoms with Gasteiger partial charge in [-0.25, -0.2) is 0 Å². The Morgan fingerprint density at radius 1 is 1.38 bits per heavy atom. The molecule has 0 aliphatic rings. The molecule has 0 fully saturated rings. The molecule has 0 aliphatic heterocycles. The van der Waals surface area contributed by atoms with Gasteiger partial charge in [-0.05, 0) is 24.0 Å². The van der Waals surface area contributed by atoms with E-state index >= 15 is 0 Å². The van der Waals surface area contributed by atoms with Gasteiger partial charge in [-0.1, -0.05) is 20.8 Å². The molecule has 1 N–H and O–H groups in total. The van der Waals surface area contributed by atoms with Gasteiger partial charge in [0.05, 0.1) is 10.2 Å². The third-order valence-electron chi connectivity index (χ3n) is 1.99. The largest absolute Gasteiger partial charge is 0.360 e. The van der Waals surface area contributed by atoms with Crippen LogP contribution < -0.4 is 0 Å². The van der Waals surface area contributed by atoms with E-state index in [1.165, 1.54) is 21.5 Å². The van der Waals surface area contributed by atoms with Crippen molar-refractivity contribution in [1.29, 1.82) is 0 Å².